The number of aromatic amines is 1. The van der Waals surface area contributed by atoms with Gasteiger partial charge in [0.1, 0.15) is 5.69 Å². The first-order valence-electron chi connectivity index (χ1n) is 9.40. The number of ether oxygens (including phenoxy) is 1. The van der Waals surface area contributed by atoms with E-state index in [-0.39, 0.29) is 11.8 Å². The second kappa shape index (κ2) is 9.24. The molecule has 27 heavy (non-hydrogen) atoms. The van der Waals surface area contributed by atoms with E-state index in [0.717, 1.165) is 30.2 Å². The average molecular weight is 392 g/mol. The van der Waals surface area contributed by atoms with E-state index in [2.05, 4.69) is 10.3 Å². The quantitative estimate of drug-likeness (QED) is 0.711. The zero-order valence-electron chi connectivity index (χ0n) is 15.6. The Labute approximate surface area is 164 Å². The number of nitrogens with zero attached hydrogens (tertiary/aromatic N) is 1. The van der Waals surface area contributed by atoms with Crippen molar-refractivity contribution in [3.8, 4) is 0 Å². The molecule has 2 heterocycles. The Kier molecular flexibility index (Phi) is 6.74. The number of piperidine rings is 1. The molecule has 0 bridgehead atoms. The Hall–Kier alpha value is -2.05. The molecule has 6 nitrogen and oxygen atoms in total. The first kappa shape index (κ1) is 19.7. The van der Waals surface area contributed by atoms with E-state index in [1.54, 1.807) is 13.2 Å². The van der Waals surface area contributed by atoms with Crippen LogP contribution in [0.15, 0.2) is 24.3 Å². The van der Waals surface area contributed by atoms with Crippen LogP contribution in [0.5, 0.6) is 0 Å². The number of likely N-dealkylation sites (tertiary alicyclic amines) is 1. The smallest absolute Gasteiger partial charge is 0.270 e. The zero-order chi connectivity index (χ0) is 19.2. The lowest BCUT2D eigenvalue weighted by Crippen LogP contribution is -2.39. The van der Waals surface area contributed by atoms with Crippen LogP contribution in [0, 0.1) is 5.92 Å². The van der Waals surface area contributed by atoms with Crippen molar-refractivity contribution in [1.82, 2.24) is 15.2 Å². The molecule has 146 valence electrons. The van der Waals surface area contributed by atoms with Crippen molar-refractivity contribution in [2.45, 2.75) is 25.7 Å². The highest BCUT2D eigenvalue weighted by molar-refractivity contribution is 6.31. The van der Waals surface area contributed by atoms with Gasteiger partial charge in [-0.15, -0.1) is 0 Å². The number of benzene rings is 1. The van der Waals surface area contributed by atoms with Gasteiger partial charge in [-0.1, -0.05) is 11.6 Å². The minimum Gasteiger partial charge on any atom is -0.385 e. The SMILES string of the molecule is COCCCNC(=O)CC1CCN(C(=O)c2cc3cc(Cl)ccc3[nH]2)CC1. The summed E-state index contributed by atoms with van der Waals surface area (Å²) in [6, 6.07) is 7.39. The van der Waals surface area contributed by atoms with Crippen molar-refractivity contribution in [2.75, 3.05) is 33.4 Å². The molecule has 1 aromatic heterocycles. The fourth-order valence-corrected chi connectivity index (χ4v) is 3.69. The first-order chi connectivity index (χ1) is 13.1. The summed E-state index contributed by atoms with van der Waals surface area (Å²) in [5.74, 6) is 0.422. The molecular weight excluding hydrogens is 366 g/mol. The Balaban J connectivity index is 1.48. The molecule has 0 unspecified atom stereocenters. The Morgan fingerprint density at radius 1 is 1.30 bits per heavy atom. The van der Waals surface area contributed by atoms with Gasteiger partial charge in [0.25, 0.3) is 5.91 Å². The van der Waals surface area contributed by atoms with Gasteiger partial charge in [-0.3, -0.25) is 9.59 Å². The van der Waals surface area contributed by atoms with Gasteiger partial charge in [0, 0.05) is 55.7 Å². The van der Waals surface area contributed by atoms with E-state index in [9.17, 15) is 9.59 Å². The number of rotatable bonds is 7. The molecule has 2 N–H and O–H groups in total. The predicted octanol–water partition coefficient (Wildman–Crippen LogP) is 3.22. The Morgan fingerprint density at radius 3 is 2.81 bits per heavy atom. The molecule has 1 aliphatic heterocycles. The highest BCUT2D eigenvalue weighted by Gasteiger charge is 2.25. The highest BCUT2D eigenvalue weighted by atomic mass is 35.5. The molecule has 1 aliphatic rings. The van der Waals surface area contributed by atoms with Crippen LogP contribution in [0.25, 0.3) is 10.9 Å². The molecular formula is C20H26ClN3O3. The lowest BCUT2D eigenvalue weighted by Gasteiger charge is -2.31. The van der Waals surface area contributed by atoms with Crippen LogP contribution in [-0.2, 0) is 9.53 Å². The fourth-order valence-electron chi connectivity index (χ4n) is 3.51. The third kappa shape index (κ3) is 5.23. The molecule has 1 aromatic carbocycles. The van der Waals surface area contributed by atoms with Crippen molar-refractivity contribution in [3.05, 3.63) is 35.0 Å². The molecule has 2 amide bonds. The number of fused-ring (bicyclic) bond motifs is 1. The number of amides is 2. The number of H-pyrrole nitrogens is 1. The molecule has 3 rings (SSSR count). The van der Waals surface area contributed by atoms with Gasteiger partial charge in [0.05, 0.1) is 0 Å². The molecule has 0 radical (unpaired) electrons. The monoisotopic (exact) mass is 391 g/mol. The number of aromatic nitrogens is 1. The van der Waals surface area contributed by atoms with Gasteiger partial charge < -0.3 is 19.9 Å². The van der Waals surface area contributed by atoms with Crippen LogP contribution >= 0.6 is 11.6 Å². The lowest BCUT2D eigenvalue weighted by atomic mass is 9.93. The summed E-state index contributed by atoms with van der Waals surface area (Å²) in [6.45, 7) is 2.66. The normalized spacial score (nSPS) is 15.3. The number of hydrogen-bond donors (Lipinski definition) is 2. The maximum absolute atomic E-state index is 12.8. The van der Waals surface area contributed by atoms with E-state index >= 15 is 0 Å². The van der Waals surface area contributed by atoms with E-state index in [1.165, 1.54) is 0 Å². The minimum atomic E-state index is 0.00443. The maximum atomic E-state index is 12.8. The molecule has 1 fully saturated rings. The van der Waals surface area contributed by atoms with E-state index < -0.39 is 0 Å². The molecule has 0 aliphatic carbocycles. The standard InChI is InChI=1S/C20H26ClN3O3/c1-27-10-2-7-22-19(25)11-14-5-8-24(9-6-14)20(26)18-13-15-12-16(21)3-4-17(15)23-18/h3-4,12-14,23H,2,5-11H2,1H3,(H,22,25). The Morgan fingerprint density at radius 2 is 2.07 bits per heavy atom. The third-order valence-electron chi connectivity index (χ3n) is 5.04. The zero-order valence-corrected chi connectivity index (χ0v) is 16.3. The summed E-state index contributed by atoms with van der Waals surface area (Å²) >= 11 is 6.01. The summed E-state index contributed by atoms with van der Waals surface area (Å²) in [4.78, 5) is 29.8. The number of halogens is 1. The van der Waals surface area contributed by atoms with Crippen molar-refractivity contribution >= 4 is 34.3 Å². The van der Waals surface area contributed by atoms with Crippen LogP contribution in [-0.4, -0.2) is 55.0 Å². The van der Waals surface area contributed by atoms with Gasteiger partial charge in [0.2, 0.25) is 5.91 Å². The van der Waals surface area contributed by atoms with Crippen molar-refractivity contribution < 1.29 is 14.3 Å². The third-order valence-corrected chi connectivity index (χ3v) is 5.27. The molecule has 0 saturated carbocycles. The van der Waals surface area contributed by atoms with E-state index in [0.29, 0.717) is 49.3 Å². The van der Waals surface area contributed by atoms with Gasteiger partial charge >= 0.3 is 0 Å². The van der Waals surface area contributed by atoms with Gasteiger partial charge in [-0.25, -0.2) is 0 Å². The van der Waals surface area contributed by atoms with Crippen LogP contribution in [0.1, 0.15) is 36.2 Å². The number of carbonyl (C=O) groups is 2. The second-order valence-corrected chi connectivity index (χ2v) is 7.49. The van der Waals surface area contributed by atoms with Gasteiger partial charge in [0.15, 0.2) is 0 Å². The van der Waals surface area contributed by atoms with Crippen molar-refractivity contribution in [3.63, 3.8) is 0 Å². The van der Waals surface area contributed by atoms with Gasteiger partial charge in [-0.05, 0) is 49.4 Å². The summed E-state index contributed by atoms with van der Waals surface area (Å²) in [7, 11) is 1.65. The van der Waals surface area contributed by atoms with Crippen LogP contribution in [0.2, 0.25) is 5.02 Å². The lowest BCUT2D eigenvalue weighted by molar-refractivity contribution is -0.122. The van der Waals surface area contributed by atoms with Crippen molar-refractivity contribution in [1.29, 1.82) is 0 Å². The summed E-state index contributed by atoms with van der Waals surface area (Å²) in [5.41, 5.74) is 1.49. The molecule has 2 aromatic rings. The molecule has 0 atom stereocenters. The number of carbonyl (C=O) groups excluding carboxylic acids is 2. The highest BCUT2D eigenvalue weighted by Crippen LogP contribution is 2.24. The number of hydrogen-bond acceptors (Lipinski definition) is 3. The number of methoxy groups -OCH3 is 1. The number of nitrogens with one attached hydrogen (secondary N) is 2. The molecule has 0 spiro atoms. The molecule has 7 heteroatoms. The predicted molar refractivity (Wildman–Crippen MR) is 106 cm³/mol. The maximum Gasteiger partial charge on any atom is 0.270 e. The fraction of sp³-hybridized carbons (Fsp3) is 0.500. The Bertz CT molecular complexity index is 797. The first-order valence-corrected chi connectivity index (χ1v) is 9.78. The summed E-state index contributed by atoms with van der Waals surface area (Å²) in [6.07, 6.45) is 3.05. The second-order valence-electron chi connectivity index (χ2n) is 7.05. The summed E-state index contributed by atoms with van der Waals surface area (Å²) in [5, 5.41) is 4.52. The van der Waals surface area contributed by atoms with E-state index in [4.69, 9.17) is 16.3 Å². The average Bonchev–Trinajstić information content (AvgIpc) is 3.08. The van der Waals surface area contributed by atoms with Crippen LogP contribution in [0.3, 0.4) is 0 Å². The molecule has 1 saturated heterocycles. The topological polar surface area (TPSA) is 74.4 Å². The van der Waals surface area contributed by atoms with Crippen LogP contribution in [0.4, 0.5) is 0 Å². The minimum absolute atomic E-state index is 0.00443. The van der Waals surface area contributed by atoms with Crippen LogP contribution < -0.4 is 5.32 Å². The summed E-state index contributed by atoms with van der Waals surface area (Å²) < 4.78 is 4.97. The van der Waals surface area contributed by atoms with E-state index in [1.807, 2.05) is 23.1 Å². The van der Waals surface area contributed by atoms with Gasteiger partial charge in [-0.2, -0.15) is 0 Å². The van der Waals surface area contributed by atoms with Crippen molar-refractivity contribution in [2.24, 2.45) is 5.92 Å². The largest absolute Gasteiger partial charge is 0.385 e.